The molecule has 1 aromatic rings. The second-order valence-corrected chi connectivity index (χ2v) is 4.50. The highest BCUT2D eigenvalue weighted by atomic mass is 16.5. The topological polar surface area (TPSA) is 73.9 Å². The minimum Gasteiger partial charge on any atom is -0.489 e. The Bertz CT molecular complexity index is 357. The van der Waals surface area contributed by atoms with Crippen molar-refractivity contribution in [3.63, 3.8) is 0 Å². The number of hydrogen-bond donors (Lipinski definition) is 2. The Morgan fingerprint density at radius 1 is 1.16 bits per heavy atom. The van der Waals surface area contributed by atoms with Crippen molar-refractivity contribution in [1.29, 1.82) is 0 Å². The second-order valence-electron chi connectivity index (χ2n) is 4.50. The molecule has 1 atom stereocenters. The van der Waals surface area contributed by atoms with E-state index in [9.17, 15) is 5.11 Å². The third kappa shape index (κ3) is 7.00. The van der Waals surface area contributed by atoms with E-state index in [1.165, 1.54) is 0 Å². The lowest BCUT2D eigenvalue weighted by Gasteiger charge is -2.14. The molecule has 0 spiro atoms. The molecule has 1 aromatic carbocycles. The van der Waals surface area contributed by atoms with Gasteiger partial charge in [-0.1, -0.05) is 12.1 Å². The Balaban J connectivity index is 2.11. The Labute approximate surface area is 114 Å². The van der Waals surface area contributed by atoms with Crippen LogP contribution < -0.4 is 10.5 Å². The van der Waals surface area contributed by atoms with Gasteiger partial charge in [-0.3, -0.25) is 0 Å². The Hall–Kier alpha value is -1.30. The summed E-state index contributed by atoms with van der Waals surface area (Å²) in [5.41, 5.74) is 6.28. The molecular weight excluding hydrogens is 246 g/mol. The Morgan fingerprint density at radius 2 is 1.89 bits per heavy atom. The van der Waals surface area contributed by atoms with Crippen LogP contribution in [0.15, 0.2) is 24.3 Å². The lowest BCUT2D eigenvalue weighted by Crippen LogP contribution is -2.24. The normalized spacial score (nSPS) is 12.6. The van der Waals surface area contributed by atoms with Crippen LogP contribution in [0.2, 0.25) is 0 Å². The monoisotopic (exact) mass is 269 g/mol. The first-order chi connectivity index (χ1) is 9.09. The number of aliphatic hydroxyl groups is 1. The van der Waals surface area contributed by atoms with Crippen LogP contribution >= 0.6 is 0 Å². The maximum atomic E-state index is 9.68. The maximum Gasteiger partial charge on any atom is 0.142 e. The number of anilines is 1. The number of hydrogen-bond acceptors (Lipinski definition) is 5. The minimum atomic E-state index is -0.682. The van der Waals surface area contributed by atoms with Gasteiger partial charge in [0.2, 0.25) is 0 Å². The van der Waals surface area contributed by atoms with Crippen molar-refractivity contribution in [2.75, 3.05) is 32.2 Å². The quantitative estimate of drug-likeness (QED) is 0.524. The molecule has 0 aromatic heterocycles. The van der Waals surface area contributed by atoms with E-state index < -0.39 is 6.10 Å². The molecule has 0 aliphatic carbocycles. The van der Waals surface area contributed by atoms with Crippen LogP contribution in [0, 0.1) is 0 Å². The molecule has 0 aliphatic heterocycles. The van der Waals surface area contributed by atoms with Gasteiger partial charge in [0.25, 0.3) is 0 Å². The highest BCUT2D eigenvalue weighted by Gasteiger charge is 2.07. The Kier molecular flexibility index (Phi) is 7.25. The number of para-hydroxylation sites is 2. The van der Waals surface area contributed by atoms with Crippen LogP contribution in [0.5, 0.6) is 5.75 Å². The summed E-state index contributed by atoms with van der Waals surface area (Å²) in [6.45, 7) is 5.28. The molecule has 108 valence electrons. The third-order valence-corrected chi connectivity index (χ3v) is 2.34. The fourth-order valence-electron chi connectivity index (χ4n) is 1.41. The van der Waals surface area contributed by atoms with Gasteiger partial charge >= 0.3 is 0 Å². The first-order valence-corrected chi connectivity index (χ1v) is 6.44. The average Bonchev–Trinajstić information content (AvgIpc) is 2.37. The predicted molar refractivity (Wildman–Crippen MR) is 74.3 cm³/mol. The summed E-state index contributed by atoms with van der Waals surface area (Å²) in [4.78, 5) is 0. The molecule has 0 amide bonds. The third-order valence-electron chi connectivity index (χ3n) is 2.34. The number of rotatable bonds is 9. The average molecular weight is 269 g/mol. The van der Waals surface area contributed by atoms with Gasteiger partial charge < -0.3 is 25.1 Å². The predicted octanol–water partition coefficient (Wildman–Crippen LogP) is 1.45. The van der Waals surface area contributed by atoms with Crippen LogP contribution in [0.4, 0.5) is 5.69 Å². The zero-order valence-electron chi connectivity index (χ0n) is 11.5. The molecule has 0 saturated carbocycles. The fourth-order valence-corrected chi connectivity index (χ4v) is 1.41. The highest BCUT2D eigenvalue weighted by Crippen LogP contribution is 2.19. The number of benzene rings is 1. The number of nitrogen functional groups attached to an aromatic ring is 1. The maximum absolute atomic E-state index is 9.68. The van der Waals surface area contributed by atoms with Gasteiger partial charge in [0.05, 0.1) is 31.6 Å². The van der Waals surface area contributed by atoms with Gasteiger partial charge in [-0.2, -0.15) is 0 Å². The molecule has 5 heteroatoms. The van der Waals surface area contributed by atoms with Gasteiger partial charge in [0, 0.05) is 0 Å². The van der Waals surface area contributed by atoms with Gasteiger partial charge in [0.1, 0.15) is 18.5 Å². The van der Waals surface area contributed by atoms with Gasteiger partial charge in [-0.05, 0) is 26.0 Å². The zero-order valence-corrected chi connectivity index (χ0v) is 11.5. The van der Waals surface area contributed by atoms with Crippen LogP contribution in [0.3, 0.4) is 0 Å². The standard InChI is InChI=1S/C14H23NO4/c1-11(2)18-8-7-17-9-12(16)10-19-14-6-4-3-5-13(14)15/h3-6,11-12,16H,7-10,15H2,1-2H3. The summed E-state index contributed by atoms with van der Waals surface area (Å²) < 4.78 is 16.0. The lowest BCUT2D eigenvalue weighted by molar-refractivity contribution is -0.0212. The lowest BCUT2D eigenvalue weighted by atomic mass is 10.3. The number of ether oxygens (including phenoxy) is 3. The second kappa shape index (κ2) is 8.74. The van der Waals surface area contributed by atoms with E-state index in [-0.39, 0.29) is 19.3 Å². The minimum absolute atomic E-state index is 0.152. The number of aliphatic hydroxyl groups excluding tert-OH is 1. The van der Waals surface area contributed by atoms with Crippen molar-refractivity contribution in [2.24, 2.45) is 0 Å². The first kappa shape index (κ1) is 15.8. The zero-order chi connectivity index (χ0) is 14.1. The summed E-state index contributed by atoms with van der Waals surface area (Å²) >= 11 is 0. The molecular formula is C14H23NO4. The molecule has 0 saturated heterocycles. The van der Waals surface area contributed by atoms with Crippen molar-refractivity contribution in [3.8, 4) is 5.75 Å². The summed E-state index contributed by atoms with van der Waals surface area (Å²) in [6.07, 6.45) is -0.489. The van der Waals surface area contributed by atoms with Crippen molar-refractivity contribution < 1.29 is 19.3 Å². The van der Waals surface area contributed by atoms with E-state index in [0.29, 0.717) is 24.7 Å². The van der Waals surface area contributed by atoms with Crippen molar-refractivity contribution in [2.45, 2.75) is 26.1 Å². The van der Waals surface area contributed by atoms with Crippen LogP contribution in [0.1, 0.15) is 13.8 Å². The molecule has 0 bridgehead atoms. The molecule has 5 nitrogen and oxygen atoms in total. The first-order valence-electron chi connectivity index (χ1n) is 6.44. The molecule has 19 heavy (non-hydrogen) atoms. The van der Waals surface area contributed by atoms with Crippen molar-refractivity contribution in [3.05, 3.63) is 24.3 Å². The summed E-state index contributed by atoms with van der Waals surface area (Å²) in [7, 11) is 0. The number of nitrogens with two attached hydrogens (primary N) is 1. The summed E-state index contributed by atoms with van der Waals surface area (Å²) in [5, 5.41) is 9.68. The van der Waals surface area contributed by atoms with E-state index in [1.807, 2.05) is 26.0 Å². The highest BCUT2D eigenvalue weighted by molar-refractivity contribution is 5.51. The van der Waals surface area contributed by atoms with Crippen molar-refractivity contribution >= 4 is 5.69 Å². The van der Waals surface area contributed by atoms with E-state index in [0.717, 1.165) is 0 Å². The van der Waals surface area contributed by atoms with E-state index in [1.54, 1.807) is 12.1 Å². The molecule has 0 radical (unpaired) electrons. The summed E-state index contributed by atoms with van der Waals surface area (Å²) in [5.74, 6) is 0.574. The molecule has 0 aliphatic rings. The molecule has 0 heterocycles. The van der Waals surface area contributed by atoms with E-state index in [2.05, 4.69) is 0 Å². The van der Waals surface area contributed by atoms with Gasteiger partial charge in [-0.15, -0.1) is 0 Å². The van der Waals surface area contributed by atoms with Crippen molar-refractivity contribution in [1.82, 2.24) is 0 Å². The van der Waals surface area contributed by atoms with Crippen LogP contribution in [-0.4, -0.2) is 43.7 Å². The van der Waals surface area contributed by atoms with Crippen LogP contribution in [0.25, 0.3) is 0 Å². The molecule has 1 unspecified atom stereocenters. The van der Waals surface area contributed by atoms with Gasteiger partial charge in [0.15, 0.2) is 0 Å². The molecule has 0 fully saturated rings. The molecule has 3 N–H and O–H groups in total. The largest absolute Gasteiger partial charge is 0.489 e. The SMILES string of the molecule is CC(C)OCCOCC(O)COc1ccccc1N. The Morgan fingerprint density at radius 3 is 2.58 bits per heavy atom. The van der Waals surface area contributed by atoms with E-state index >= 15 is 0 Å². The summed E-state index contributed by atoms with van der Waals surface area (Å²) in [6, 6.07) is 7.18. The fraction of sp³-hybridized carbons (Fsp3) is 0.571. The van der Waals surface area contributed by atoms with Gasteiger partial charge in [-0.25, -0.2) is 0 Å². The van der Waals surface area contributed by atoms with E-state index in [4.69, 9.17) is 19.9 Å². The van der Waals surface area contributed by atoms with Crippen LogP contribution in [-0.2, 0) is 9.47 Å². The smallest absolute Gasteiger partial charge is 0.142 e. The molecule has 1 rings (SSSR count).